The number of rotatable bonds is 5. The summed E-state index contributed by atoms with van der Waals surface area (Å²) in [6.07, 6.45) is 1.80. The van der Waals surface area contributed by atoms with E-state index >= 15 is 0 Å². The maximum Gasteiger partial charge on any atom is 0.236 e. The molecule has 3 aliphatic rings. The van der Waals surface area contributed by atoms with Crippen LogP contribution in [0, 0.1) is 0 Å². The van der Waals surface area contributed by atoms with Crippen LogP contribution in [0.15, 0.2) is 24.4 Å². The lowest BCUT2D eigenvalue weighted by Crippen LogP contribution is -2.55. The lowest BCUT2D eigenvalue weighted by Gasteiger charge is -2.38. The standard InChI is InChI=1S/C21H32N6O3/c28-20(27-11-9-25(10-12-27)19-3-1-2-4-22-19)17-23-5-7-26(8-6-23)21(29)18-24-13-15-30-16-14-24/h1-4H,5-18H2. The Labute approximate surface area is 178 Å². The molecule has 0 spiro atoms. The van der Waals surface area contributed by atoms with Crippen molar-refractivity contribution in [1.82, 2.24) is 24.6 Å². The van der Waals surface area contributed by atoms with Crippen molar-refractivity contribution in [1.29, 1.82) is 0 Å². The minimum absolute atomic E-state index is 0.184. The van der Waals surface area contributed by atoms with E-state index in [0.29, 0.717) is 39.4 Å². The molecule has 0 saturated carbocycles. The first kappa shape index (κ1) is 21.0. The molecular formula is C21H32N6O3. The molecule has 0 aromatic carbocycles. The number of anilines is 1. The molecule has 4 heterocycles. The summed E-state index contributed by atoms with van der Waals surface area (Å²) < 4.78 is 5.34. The van der Waals surface area contributed by atoms with Gasteiger partial charge in [0.2, 0.25) is 11.8 Å². The van der Waals surface area contributed by atoms with Gasteiger partial charge in [0.1, 0.15) is 5.82 Å². The number of nitrogens with zero attached hydrogens (tertiary/aromatic N) is 6. The predicted molar refractivity (Wildman–Crippen MR) is 113 cm³/mol. The number of carbonyl (C=O) groups is 2. The van der Waals surface area contributed by atoms with Crippen molar-refractivity contribution in [3.63, 3.8) is 0 Å². The van der Waals surface area contributed by atoms with Gasteiger partial charge in [0.25, 0.3) is 0 Å². The largest absolute Gasteiger partial charge is 0.379 e. The molecule has 1 aromatic rings. The Bertz CT molecular complexity index is 696. The van der Waals surface area contributed by atoms with Gasteiger partial charge < -0.3 is 19.4 Å². The zero-order valence-corrected chi connectivity index (χ0v) is 17.6. The number of hydrogen-bond acceptors (Lipinski definition) is 7. The second-order valence-corrected chi connectivity index (χ2v) is 8.10. The number of ether oxygens (including phenoxy) is 1. The minimum atomic E-state index is 0.184. The van der Waals surface area contributed by atoms with Crippen LogP contribution >= 0.6 is 0 Å². The number of aromatic nitrogens is 1. The van der Waals surface area contributed by atoms with Crippen LogP contribution in [0.1, 0.15) is 0 Å². The maximum atomic E-state index is 12.7. The van der Waals surface area contributed by atoms with Crippen LogP contribution in [0.2, 0.25) is 0 Å². The zero-order valence-electron chi connectivity index (χ0n) is 17.6. The molecule has 0 atom stereocenters. The van der Waals surface area contributed by atoms with Gasteiger partial charge in [0, 0.05) is 71.6 Å². The third kappa shape index (κ3) is 5.47. The van der Waals surface area contributed by atoms with E-state index in [2.05, 4.69) is 19.7 Å². The van der Waals surface area contributed by atoms with Gasteiger partial charge >= 0.3 is 0 Å². The Balaban J connectivity index is 1.16. The third-order valence-electron chi connectivity index (χ3n) is 6.15. The molecule has 3 saturated heterocycles. The number of hydrogen-bond donors (Lipinski definition) is 0. The molecule has 9 nitrogen and oxygen atoms in total. The fourth-order valence-electron chi connectivity index (χ4n) is 4.22. The lowest BCUT2D eigenvalue weighted by atomic mass is 10.2. The molecule has 2 amide bonds. The first-order valence-corrected chi connectivity index (χ1v) is 10.9. The van der Waals surface area contributed by atoms with Crippen molar-refractivity contribution in [3.05, 3.63) is 24.4 Å². The summed E-state index contributed by atoms with van der Waals surface area (Å²) in [4.78, 5) is 40.1. The summed E-state index contributed by atoms with van der Waals surface area (Å²) in [7, 11) is 0. The quantitative estimate of drug-likeness (QED) is 0.623. The molecule has 0 aliphatic carbocycles. The lowest BCUT2D eigenvalue weighted by molar-refractivity contribution is -0.136. The van der Waals surface area contributed by atoms with E-state index in [4.69, 9.17) is 4.74 Å². The Morgan fingerprint density at radius 3 is 1.90 bits per heavy atom. The monoisotopic (exact) mass is 416 g/mol. The Morgan fingerprint density at radius 2 is 1.33 bits per heavy atom. The molecule has 164 valence electrons. The summed E-state index contributed by atoms with van der Waals surface area (Å²) in [5.41, 5.74) is 0. The summed E-state index contributed by atoms with van der Waals surface area (Å²) in [5, 5.41) is 0. The van der Waals surface area contributed by atoms with Gasteiger partial charge in [-0.2, -0.15) is 0 Å². The number of piperazine rings is 2. The molecule has 9 heteroatoms. The summed E-state index contributed by atoms with van der Waals surface area (Å²) >= 11 is 0. The molecule has 30 heavy (non-hydrogen) atoms. The van der Waals surface area contributed by atoms with Crippen LogP contribution in [0.3, 0.4) is 0 Å². The minimum Gasteiger partial charge on any atom is -0.379 e. The Hall–Kier alpha value is -2.23. The van der Waals surface area contributed by atoms with E-state index in [0.717, 1.165) is 58.2 Å². The van der Waals surface area contributed by atoms with Crippen LogP contribution in [-0.4, -0.2) is 128 Å². The van der Waals surface area contributed by atoms with Gasteiger partial charge in [0.05, 0.1) is 26.3 Å². The highest BCUT2D eigenvalue weighted by molar-refractivity contribution is 5.79. The Kier molecular flexibility index (Phi) is 7.14. The molecule has 0 N–H and O–H groups in total. The summed E-state index contributed by atoms with van der Waals surface area (Å²) in [6.45, 7) is 9.98. The highest BCUT2D eigenvalue weighted by atomic mass is 16.5. The molecule has 0 unspecified atom stereocenters. The van der Waals surface area contributed by atoms with Crippen molar-refractivity contribution in [2.24, 2.45) is 0 Å². The van der Waals surface area contributed by atoms with E-state index < -0.39 is 0 Å². The van der Waals surface area contributed by atoms with Crippen LogP contribution in [0.25, 0.3) is 0 Å². The van der Waals surface area contributed by atoms with Gasteiger partial charge in [-0.3, -0.25) is 19.4 Å². The number of amides is 2. The van der Waals surface area contributed by atoms with E-state index in [1.54, 1.807) is 6.20 Å². The van der Waals surface area contributed by atoms with Crippen LogP contribution in [-0.2, 0) is 14.3 Å². The van der Waals surface area contributed by atoms with Crippen LogP contribution in [0.5, 0.6) is 0 Å². The summed E-state index contributed by atoms with van der Waals surface area (Å²) in [5.74, 6) is 1.35. The van der Waals surface area contributed by atoms with Gasteiger partial charge in [0.15, 0.2) is 0 Å². The SMILES string of the molecule is O=C(CN1CCOCC1)N1CCN(CC(=O)N2CCN(c3ccccn3)CC2)CC1. The van der Waals surface area contributed by atoms with E-state index in [9.17, 15) is 9.59 Å². The smallest absolute Gasteiger partial charge is 0.236 e. The zero-order chi connectivity index (χ0) is 20.8. The highest BCUT2D eigenvalue weighted by Crippen LogP contribution is 2.13. The fraction of sp³-hybridized carbons (Fsp3) is 0.667. The van der Waals surface area contributed by atoms with Crippen molar-refractivity contribution in [3.8, 4) is 0 Å². The average molecular weight is 417 g/mol. The number of pyridine rings is 1. The number of morpholine rings is 1. The molecular weight excluding hydrogens is 384 g/mol. The van der Waals surface area contributed by atoms with Crippen molar-refractivity contribution in [2.45, 2.75) is 0 Å². The normalized spacial score (nSPS) is 21.7. The van der Waals surface area contributed by atoms with Crippen molar-refractivity contribution >= 4 is 17.6 Å². The second-order valence-electron chi connectivity index (χ2n) is 8.10. The molecule has 1 aromatic heterocycles. The average Bonchev–Trinajstić information content (AvgIpc) is 2.81. The fourth-order valence-corrected chi connectivity index (χ4v) is 4.22. The first-order chi connectivity index (χ1) is 14.7. The van der Waals surface area contributed by atoms with Crippen molar-refractivity contribution < 1.29 is 14.3 Å². The topological polar surface area (TPSA) is 72.5 Å². The highest BCUT2D eigenvalue weighted by Gasteiger charge is 2.27. The van der Waals surface area contributed by atoms with E-state index in [-0.39, 0.29) is 11.8 Å². The summed E-state index contributed by atoms with van der Waals surface area (Å²) in [6, 6.07) is 5.92. The molecule has 3 aliphatic heterocycles. The first-order valence-electron chi connectivity index (χ1n) is 10.9. The predicted octanol–water partition coefficient (Wildman–Crippen LogP) is -0.793. The van der Waals surface area contributed by atoms with Gasteiger partial charge in [-0.1, -0.05) is 6.07 Å². The van der Waals surface area contributed by atoms with Crippen LogP contribution in [0.4, 0.5) is 5.82 Å². The number of carbonyl (C=O) groups excluding carboxylic acids is 2. The maximum absolute atomic E-state index is 12.7. The van der Waals surface area contributed by atoms with Crippen molar-refractivity contribution in [2.75, 3.05) is 96.7 Å². The molecule has 3 fully saturated rings. The van der Waals surface area contributed by atoms with Crippen LogP contribution < -0.4 is 4.90 Å². The molecule has 0 radical (unpaired) electrons. The van der Waals surface area contributed by atoms with E-state index in [1.165, 1.54) is 0 Å². The van der Waals surface area contributed by atoms with E-state index in [1.807, 2.05) is 28.0 Å². The third-order valence-corrected chi connectivity index (χ3v) is 6.15. The molecule has 0 bridgehead atoms. The van der Waals surface area contributed by atoms with Gasteiger partial charge in [-0.25, -0.2) is 4.98 Å². The van der Waals surface area contributed by atoms with Gasteiger partial charge in [-0.05, 0) is 12.1 Å². The van der Waals surface area contributed by atoms with Gasteiger partial charge in [-0.15, -0.1) is 0 Å². The Morgan fingerprint density at radius 1 is 0.767 bits per heavy atom. The molecule has 4 rings (SSSR count). The second kappa shape index (κ2) is 10.2.